The largest absolute Gasteiger partial charge is 0.363 e. The minimum atomic E-state index is -0.472. The Balaban J connectivity index is 1.31. The van der Waals surface area contributed by atoms with E-state index in [1.807, 2.05) is 46.7 Å². The molecule has 1 amide bonds. The summed E-state index contributed by atoms with van der Waals surface area (Å²) in [5.41, 5.74) is 3.95. The molecule has 28 heavy (non-hydrogen) atoms. The molecule has 5 rings (SSSR count). The summed E-state index contributed by atoms with van der Waals surface area (Å²) in [4.78, 5) is 15.1. The number of piperidine rings is 1. The number of aromatic nitrogens is 4. The third-order valence-corrected chi connectivity index (χ3v) is 5.81. The molecule has 1 aromatic carbocycles. The van der Waals surface area contributed by atoms with Crippen molar-refractivity contribution in [2.75, 3.05) is 19.7 Å². The van der Waals surface area contributed by atoms with Gasteiger partial charge in [-0.2, -0.15) is 9.61 Å². The minimum absolute atomic E-state index is 0.0747. The highest BCUT2D eigenvalue weighted by Crippen LogP contribution is 2.32. The molecule has 0 saturated carbocycles. The number of aryl methyl sites for hydroxylation is 1. The highest BCUT2D eigenvalue weighted by Gasteiger charge is 2.34. The van der Waals surface area contributed by atoms with Gasteiger partial charge in [-0.05, 0) is 49.4 Å². The fraction of sp³-hybridized carbons (Fsp3) is 0.429. The van der Waals surface area contributed by atoms with Gasteiger partial charge in [0.2, 0.25) is 0 Å². The predicted octanol–water partition coefficient (Wildman–Crippen LogP) is 2.45. The van der Waals surface area contributed by atoms with Crippen LogP contribution in [0, 0.1) is 6.92 Å². The molecule has 1 fully saturated rings. The lowest BCUT2D eigenvalue weighted by Crippen LogP contribution is -2.42. The van der Waals surface area contributed by atoms with Crippen molar-refractivity contribution in [2.24, 2.45) is 0 Å². The number of amides is 1. The number of hydrogen-bond acceptors (Lipinski definition) is 5. The van der Waals surface area contributed by atoms with Crippen molar-refractivity contribution in [3.63, 3.8) is 0 Å². The average Bonchev–Trinajstić information content (AvgIpc) is 3.16. The van der Waals surface area contributed by atoms with Gasteiger partial charge < -0.3 is 9.64 Å². The fourth-order valence-corrected chi connectivity index (χ4v) is 4.27. The predicted molar refractivity (Wildman–Crippen MR) is 103 cm³/mol. The Bertz CT molecular complexity index is 1020. The van der Waals surface area contributed by atoms with E-state index in [0.29, 0.717) is 19.7 Å². The maximum absolute atomic E-state index is 13.1. The molecule has 7 heteroatoms. The lowest BCUT2D eigenvalue weighted by atomic mass is 9.93. The van der Waals surface area contributed by atoms with Crippen molar-refractivity contribution in [1.82, 2.24) is 24.7 Å². The number of ether oxygens (including phenoxy) is 1. The molecular weight excluding hydrogens is 354 g/mol. The van der Waals surface area contributed by atoms with Crippen LogP contribution in [-0.2, 0) is 16.0 Å². The fourth-order valence-electron chi connectivity index (χ4n) is 4.27. The molecule has 3 aromatic rings. The van der Waals surface area contributed by atoms with Crippen LogP contribution in [0.5, 0.6) is 0 Å². The average molecular weight is 377 g/mol. The smallest absolute Gasteiger partial charge is 0.256 e. The Morgan fingerprint density at radius 2 is 1.93 bits per heavy atom. The number of benzene rings is 1. The van der Waals surface area contributed by atoms with Crippen molar-refractivity contribution >= 4 is 11.6 Å². The number of likely N-dealkylation sites (tertiary alicyclic amines) is 1. The molecule has 144 valence electrons. The van der Waals surface area contributed by atoms with Gasteiger partial charge in [0, 0.05) is 19.0 Å². The van der Waals surface area contributed by atoms with E-state index in [9.17, 15) is 4.79 Å². The molecule has 2 aromatic heterocycles. The van der Waals surface area contributed by atoms with Crippen LogP contribution >= 0.6 is 0 Å². The van der Waals surface area contributed by atoms with E-state index in [0.717, 1.165) is 42.0 Å². The SMILES string of the molecule is Cc1ccc2nnc(C3CCN(C(=O)C4OCCc5ccccc54)CC3)n2n1. The summed E-state index contributed by atoms with van der Waals surface area (Å²) in [7, 11) is 0. The zero-order valence-electron chi connectivity index (χ0n) is 15.9. The molecule has 4 heterocycles. The van der Waals surface area contributed by atoms with Gasteiger partial charge in [0.05, 0.1) is 12.3 Å². The standard InChI is InChI=1S/C21H23N5O2/c1-14-6-7-18-22-23-20(26(18)24-14)16-8-11-25(12-9-16)21(27)19-17-5-3-2-4-15(17)10-13-28-19/h2-7,16,19H,8-13H2,1H3. The molecule has 0 aliphatic carbocycles. The number of fused-ring (bicyclic) bond motifs is 2. The van der Waals surface area contributed by atoms with Crippen LogP contribution in [-0.4, -0.2) is 50.3 Å². The van der Waals surface area contributed by atoms with Gasteiger partial charge >= 0.3 is 0 Å². The summed E-state index contributed by atoms with van der Waals surface area (Å²) in [6.07, 6.45) is 2.11. The van der Waals surface area contributed by atoms with E-state index in [2.05, 4.69) is 21.4 Å². The summed E-state index contributed by atoms with van der Waals surface area (Å²) in [5.74, 6) is 1.23. The Kier molecular flexibility index (Phi) is 4.31. The van der Waals surface area contributed by atoms with Crippen molar-refractivity contribution in [3.8, 4) is 0 Å². The van der Waals surface area contributed by atoms with E-state index >= 15 is 0 Å². The quantitative estimate of drug-likeness (QED) is 0.686. The van der Waals surface area contributed by atoms with Gasteiger partial charge in [0.1, 0.15) is 0 Å². The highest BCUT2D eigenvalue weighted by molar-refractivity contribution is 5.83. The summed E-state index contributed by atoms with van der Waals surface area (Å²) < 4.78 is 7.71. The molecule has 7 nitrogen and oxygen atoms in total. The van der Waals surface area contributed by atoms with Crippen LogP contribution in [0.3, 0.4) is 0 Å². The summed E-state index contributed by atoms with van der Waals surface area (Å²) in [6.45, 7) is 3.96. The topological polar surface area (TPSA) is 72.6 Å². The van der Waals surface area contributed by atoms with Crippen LogP contribution in [0.2, 0.25) is 0 Å². The third-order valence-electron chi connectivity index (χ3n) is 5.81. The Morgan fingerprint density at radius 3 is 2.79 bits per heavy atom. The zero-order chi connectivity index (χ0) is 19.1. The molecule has 0 spiro atoms. The molecular formula is C21H23N5O2. The molecule has 1 unspecified atom stereocenters. The number of hydrogen-bond donors (Lipinski definition) is 0. The van der Waals surface area contributed by atoms with Crippen LogP contribution < -0.4 is 0 Å². The van der Waals surface area contributed by atoms with Crippen molar-refractivity contribution in [3.05, 3.63) is 59.0 Å². The minimum Gasteiger partial charge on any atom is -0.363 e. The molecule has 1 saturated heterocycles. The monoisotopic (exact) mass is 377 g/mol. The first-order valence-electron chi connectivity index (χ1n) is 9.88. The Labute approximate surface area is 163 Å². The van der Waals surface area contributed by atoms with Gasteiger partial charge in [0.15, 0.2) is 17.6 Å². The van der Waals surface area contributed by atoms with Gasteiger partial charge in [-0.25, -0.2) is 0 Å². The summed E-state index contributed by atoms with van der Waals surface area (Å²) in [5, 5.41) is 13.2. The second-order valence-electron chi connectivity index (χ2n) is 7.60. The number of nitrogens with zero attached hydrogens (tertiary/aromatic N) is 5. The van der Waals surface area contributed by atoms with E-state index < -0.39 is 6.10 Å². The van der Waals surface area contributed by atoms with Crippen molar-refractivity contribution < 1.29 is 9.53 Å². The summed E-state index contributed by atoms with van der Waals surface area (Å²) in [6, 6.07) is 12.0. The Morgan fingerprint density at radius 1 is 1.11 bits per heavy atom. The molecule has 2 aliphatic heterocycles. The molecule has 0 radical (unpaired) electrons. The first kappa shape index (κ1) is 17.3. The maximum atomic E-state index is 13.1. The van der Waals surface area contributed by atoms with E-state index in [4.69, 9.17) is 4.74 Å². The normalized spacial score (nSPS) is 20.3. The second-order valence-corrected chi connectivity index (χ2v) is 7.60. The summed E-state index contributed by atoms with van der Waals surface area (Å²) >= 11 is 0. The number of carbonyl (C=O) groups is 1. The van der Waals surface area contributed by atoms with Crippen LogP contribution in [0.1, 0.15) is 47.5 Å². The van der Waals surface area contributed by atoms with E-state index in [-0.39, 0.29) is 11.8 Å². The van der Waals surface area contributed by atoms with E-state index in [1.165, 1.54) is 5.56 Å². The van der Waals surface area contributed by atoms with Crippen LogP contribution in [0.4, 0.5) is 0 Å². The maximum Gasteiger partial charge on any atom is 0.256 e. The van der Waals surface area contributed by atoms with Gasteiger partial charge in [0.25, 0.3) is 5.91 Å². The number of rotatable bonds is 2. The van der Waals surface area contributed by atoms with E-state index in [1.54, 1.807) is 0 Å². The lowest BCUT2D eigenvalue weighted by molar-refractivity contribution is -0.146. The van der Waals surface area contributed by atoms with Gasteiger partial charge in [-0.15, -0.1) is 10.2 Å². The second kappa shape index (κ2) is 6.98. The molecule has 2 aliphatic rings. The highest BCUT2D eigenvalue weighted by atomic mass is 16.5. The van der Waals surface area contributed by atoms with Crippen molar-refractivity contribution in [1.29, 1.82) is 0 Å². The first-order valence-corrected chi connectivity index (χ1v) is 9.88. The third kappa shape index (κ3) is 2.96. The van der Waals surface area contributed by atoms with Crippen LogP contribution in [0.15, 0.2) is 36.4 Å². The molecule has 0 N–H and O–H groups in total. The van der Waals surface area contributed by atoms with Gasteiger partial charge in [-0.1, -0.05) is 24.3 Å². The van der Waals surface area contributed by atoms with Gasteiger partial charge in [-0.3, -0.25) is 4.79 Å². The van der Waals surface area contributed by atoms with Crippen molar-refractivity contribution in [2.45, 2.75) is 38.2 Å². The lowest BCUT2D eigenvalue weighted by Gasteiger charge is -2.35. The first-order chi connectivity index (χ1) is 13.7. The molecule has 0 bridgehead atoms. The Hall–Kier alpha value is -2.80. The molecule has 1 atom stereocenters. The zero-order valence-corrected chi connectivity index (χ0v) is 15.9. The van der Waals surface area contributed by atoms with Crippen LogP contribution in [0.25, 0.3) is 5.65 Å². The number of carbonyl (C=O) groups excluding carboxylic acids is 1.